The highest BCUT2D eigenvalue weighted by Crippen LogP contribution is 2.32. The number of carbonyl (C=O) groups is 14. The van der Waals surface area contributed by atoms with Gasteiger partial charge in [-0.1, -0.05) is 60.1 Å². The number of Topliss-reactive ketones (excluding diaryl/α,β-unsaturated/α-hetero) is 2. The third-order valence-corrected chi connectivity index (χ3v) is 20.3. The van der Waals surface area contributed by atoms with Gasteiger partial charge in [-0.05, 0) is 59.4 Å². The van der Waals surface area contributed by atoms with Gasteiger partial charge in [0.2, 0.25) is 70.9 Å². The zero-order valence-electron chi connectivity index (χ0n) is 54.9. The molecule has 5 heterocycles. The number of hydrogen-bond acceptors (Lipinski definition) is 20. The van der Waals surface area contributed by atoms with Gasteiger partial charge in [0.15, 0.2) is 11.6 Å². The minimum Gasteiger partial charge on any atom is -0.508 e. The van der Waals surface area contributed by atoms with Gasteiger partial charge in [0.1, 0.15) is 34.9 Å². The van der Waals surface area contributed by atoms with Crippen LogP contribution in [0, 0.1) is 29.6 Å². The molecule has 7 rings (SSSR count). The molecule has 2 bridgehead atoms. The molecular formula is C64H86N12O19S2. The Kier molecular flexibility index (Phi) is 26.6. The molecule has 14 N–H and O–H groups in total. The molecule has 33 heteroatoms. The van der Waals surface area contributed by atoms with Crippen LogP contribution in [0.2, 0.25) is 0 Å². The minimum atomic E-state index is -2.47. The smallest absolute Gasteiger partial charge is 0.246 e. The molecule has 1 aromatic heterocycles. The lowest BCUT2D eigenvalue weighted by Crippen LogP contribution is -2.59. The second-order valence-electron chi connectivity index (χ2n) is 25.4. The topological polar surface area (TPSA) is 468 Å². The summed E-state index contributed by atoms with van der Waals surface area (Å²) in [7, 11) is -2.47. The molecule has 14 atom stereocenters. The van der Waals surface area contributed by atoms with Crippen molar-refractivity contribution in [2.75, 3.05) is 50.1 Å². The second-order valence-corrected chi connectivity index (χ2v) is 27.8. The number of hydrogen-bond donors (Lipinski definition) is 14. The maximum absolute atomic E-state index is 15.1. The van der Waals surface area contributed by atoms with Crippen LogP contribution in [0.1, 0.15) is 97.6 Å². The summed E-state index contributed by atoms with van der Waals surface area (Å²) in [4.78, 5) is 199. The van der Waals surface area contributed by atoms with E-state index in [-0.39, 0.29) is 77.3 Å². The first-order valence-electron chi connectivity index (χ1n) is 32.0. The Balaban J connectivity index is 1.15. The van der Waals surface area contributed by atoms with Crippen molar-refractivity contribution in [2.45, 2.75) is 158 Å². The van der Waals surface area contributed by atoms with Crippen molar-refractivity contribution in [1.29, 1.82) is 0 Å². The number of benzene rings is 2. The van der Waals surface area contributed by atoms with Gasteiger partial charge in [0, 0.05) is 87.1 Å². The third kappa shape index (κ3) is 19.6. The molecule has 0 spiro atoms. The molecule has 12 amide bonds. The van der Waals surface area contributed by atoms with E-state index < -0.39 is 216 Å². The van der Waals surface area contributed by atoms with E-state index in [2.05, 4.69) is 52.8 Å². The molecule has 31 nitrogen and oxygen atoms in total. The quantitative estimate of drug-likeness (QED) is 0.0523. The van der Waals surface area contributed by atoms with Crippen molar-refractivity contribution < 1.29 is 91.8 Å². The van der Waals surface area contributed by atoms with Crippen molar-refractivity contribution in [3.05, 3.63) is 53.6 Å². The average molecular weight is 1390 g/mol. The monoisotopic (exact) mass is 1390 g/mol. The number of carbonyl (C=O) groups excluding carboxylic acids is 14. The van der Waals surface area contributed by atoms with E-state index in [1.807, 2.05) is 0 Å². The van der Waals surface area contributed by atoms with Crippen molar-refractivity contribution in [1.82, 2.24) is 57.3 Å². The lowest BCUT2D eigenvalue weighted by molar-refractivity contribution is -0.144. The molecule has 4 aliphatic heterocycles. The molecule has 3 aromatic rings. The number of aliphatic hydroxyl groups is 3. The number of imide groups is 1. The molecule has 2 saturated heterocycles. The summed E-state index contributed by atoms with van der Waals surface area (Å²) in [5.74, 6) is -17.0. The predicted octanol–water partition coefficient (Wildman–Crippen LogP) is -2.44. The van der Waals surface area contributed by atoms with E-state index in [0.717, 1.165) is 9.80 Å². The number of nitrogens with zero attached hydrogens (tertiary/aromatic N) is 2. The summed E-state index contributed by atoms with van der Waals surface area (Å²) in [5, 5.41) is 65.4. The number of rotatable bonds is 20. The Morgan fingerprint density at radius 1 is 0.794 bits per heavy atom. The Hall–Kier alpha value is -8.66. The number of aliphatic hydroxyl groups excluding tert-OH is 3. The summed E-state index contributed by atoms with van der Waals surface area (Å²) in [6.45, 7) is 6.26. The molecular weight excluding hydrogens is 1300 g/mol. The lowest BCUT2D eigenvalue weighted by atomic mass is 9.83. The maximum Gasteiger partial charge on any atom is 0.246 e. The summed E-state index contributed by atoms with van der Waals surface area (Å²) in [6, 6.07) is 0.653. The first-order chi connectivity index (χ1) is 45.9. The number of phenolic OH excluding ortho intramolecular Hbond substituents is 1. The Labute approximate surface area is 565 Å². The number of aromatic hydroxyl groups is 1. The summed E-state index contributed by atoms with van der Waals surface area (Å²) < 4.78 is 15.0. The maximum atomic E-state index is 15.1. The van der Waals surface area contributed by atoms with Gasteiger partial charge in [0.25, 0.3) is 0 Å². The van der Waals surface area contributed by atoms with Gasteiger partial charge in [0.05, 0.1) is 77.7 Å². The summed E-state index contributed by atoms with van der Waals surface area (Å²) >= 11 is 1.25. The van der Waals surface area contributed by atoms with Crippen LogP contribution >= 0.6 is 11.8 Å². The van der Waals surface area contributed by atoms with E-state index in [4.69, 9.17) is 0 Å². The van der Waals surface area contributed by atoms with Crippen LogP contribution in [0.4, 0.5) is 5.69 Å². The normalized spacial score (nSPS) is 25.1. The largest absolute Gasteiger partial charge is 0.508 e. The number of fused-ring (bicyclic) bond motifs is 5. The van der Waals surface area contributed by atoms with Crippen LogP contribution in [0.15, 0.2) is 47.5 Å². The lowest BCUT2D eigenvalue weighted by Gasteiger charge is -2.32. The van der Waals surface area contributed by atoms with Crippen LogP contribution in [0.25, 0.3) is 10.9 Å². The van der Waals surface area contributed by atoms with Crippen LogP contribution in [0.3, 0.4) is 0 Å². The van der Waals surface area contributed by atoms with E-state index in [1.54, 1.807) is 46.1 Å². The number of aromatic nitrogens is 1. The number of thioether (sulfide) groups is 1. The number of nitrogens with one attached hydrogen (secondary N) is 10. The van der Waals surface area contributed by atoms with Crippen LogP contribution in [0.5, 0.6) is 5.75 Å². The summed E-state index contributed by atoms with van der Waals surface area (Å²) in [5.41, 5.74) is 0.942. The van der Waals surface area contributed by atoms with E-state index in [1.165, 1.54) is 55.9 Å². The fourth-order valence-electron chi connectivity index (χ4n) is 11.9. The van der Waals surface area contributed by atoms with Crippen molar-refractivity contribution >= 4 is 122 Å². The van der Waals surface area contributed by atoms with E-state index in [9.17, 15) is 82.8 Å². The zero-order valence-corrected chi connectivity index (χ0v) is 56.5. The molecule has 0 radical (unpaired) electrons. The fourth-order valence-corrected chi connectivity index (χ4v) is 13.9. The van der Waals surface area contributed by atoms with Crippen LogP contribution in [-0.4, -0.2) is 220 Å². The van der Waals surface area contributed by atoms with Crippen molar-refractivity contribution in [3.8, 4) is 5.75 Å². The van der Waals surface area contributed by atoms with Crippen LogP contribution in [-0.2, 0) is 90.9 Å². The van der Waals surface area contributed by atoms with Gasteiger partial charge in [-0.3, -0.25) is 76.2 Å². The van der Waals surface area contributed by atoms with Crippen molar-refractivity contribution in [2.24, 2.45) is 29.6 Å². The zero-order chi connectivity index (χ0) is 71.3. The molecule has 4 aliphatic rings. The first-order valence-corrected chi connectivity index (χ1v) is 34.6. The predicted molar refractivity (Wildman–Crippen MR) is 350 cm³/mol. The Morgan fingerprint density at radius 2 is 1.47 bits per heavy atom. The van der Waals surface area contributed by atoms with Gasteiger partial charge >= 0.3 is 0 Å². The third-order valence-electron chi connectivity index (χ3n) is 17.9. The highest BCUT2D eigenvalue weighted by molar-refractivity contribution is 8.00. The number of aromatic amines is 1. The van der Waals surface area contributed by atoms with Crippen LogP contribution < -0.4 is 47.9 Å². The van der Waals surface area contributed by atoms with Crippen molar-refractivity contribution in [3.63, 3.8) is 0 Å². The van der Waals surface area contributed by atoms with E-state index in [0.29, 0.717) is 17.7 Å². The van der Waals surface area contributed by atoms with Gasteiger partial charge in [-0.15, -0.1) is 0 Å². The molecule has 0 aliphatic carbocycles. The Bertz CT molecular complexity index is 3550. The standard InChI is InChI=1S/C64H86N12O19S2/c1-8-31(4)56-61(92)67-25-52(85)69-44-29-97(95)62-40(38-14-13-36(78)18-41(38)72-62)20-42(59(90)66-26-53(86)74-56)70-58(89)39(33(6)48(82)28-77)21-46(80)45-19-37(79)27-76(45)63(93)43(71-60(44)91)22-51(84)65-24-34-9-11-35(12-10-34)68-57(88)32(5)17-47(81)55(30(2)3)73-50(83)15-16-75-54(87)23-49(96-7)64(75)94/h9-14,18,30-33,37,39,42-45,48-49,55-56,72,77-79,82H,8,15-17,19-29H2,1-7H3,(H,65,84)(H,66,90)(H,67,92)(H,68,88)(H,69,85)(H,70,89)(H,71,91)(H,73,83)(H,74,86)/t31-,32+,33+,37+,39-,42-,43-,44-,45-,48-,49?,55?,56-,97?/m0/s1. The van der Waals surface area contributed by atoms with Gasteiger partial charge in [-0.25, -0.2) is 0 Å². The number of ketones is 2. The number of anilines is 1. The number of H-pyrrole nitrogens is 1. The fraction of sp³-hybridized carbons (Fsp3) is 0.562. The molecule has 0 saturated carbocycles. The van der Waals surface area contributed by atoms with E-state index >= 15 is 9.00 Å². The van der Waals surface area contributed by atoms with Gasteiger partial charge < -0.3 is 78.2 Å². The molecule has 2 fully saturated rings. The highest BCUT2D eigenvalue weighted by atomic mass is 32.2. The molecule has 3 unspecified atom stereocenters. The summed E-state index contributed by atoms with van der Waals surface area (Å²) in [6.07, 6.45) is -4.09. The number of amides is 12. The Morgan fingerprint density at radius 3 is 2.12 bits per heavy atom. The average Bonchev–Trinajstić information content (AvgIpc) is 1.65. The second kappa shape index (κ2) is 34.0. The minimum absolute atomic E-state index is 0.0423. The number of likely N-dealkylation sites (tertiary alicyclic amines) is 1. The highest BCUT2D eigenvalue weighted by Gasteiger charge is 2.46. The first kappa shape index (κ1) is 75.7. The molecule has 528 valence electrons. The van der Waals surface area contributed by atoms with Gasteiger partial charge in [-0.2, -0.15) is 11.8 Å². The SMILES string of the molecule is CC[C@H](C)[C@@H]1NC(=O)CNC(=O)[C@@H]2Cc3c([nH]c4cc(O)ccc34)S(=O)C[C@H](NC(=O)CNC1=O)C(=O)N[C@@H](CC(=O)NCc1ccc(NC(=O)[C@H](C)CC(=O)C(NC(=O)CCN3C(=O)CC(SC)C3=O)C(C)C)cc1)C(=O)N1C[C@H](O)C[C@H]1C(=O)C[C@@H]([C@@H](C)[C@@H](O)CO)C(=O)N2. The molecule has 2 aromatic carbocycles. The number of phenols is 1. The molecule has 97 heavy (non-hydrogen) atoms.